The second kappa shape index (κ2) is 10.8. The number of halogens is 2. The number of para-hydroxylation sites is 1. The van der Waals surface area contributed by atoms with Crippen LogP contribution >= 0.6 is 23.2 Å². The molecule has 0 bridgehead atoms. The van der Waals surface area contributed by atoms with Crippen molar-refractivity contribution in [1.29, 1.82) is 0 Å². The molecule has 0 N–H and O–H groups in total. The summed E-state index contributed by atoms with van der Waals surface area (Å²) in [5.41, 5.74) is 1.28. The van der Waals surface area contributed by atoms with Crippen molar-refractivity contribution < 1.29 is 9.66 Å². The van der Waals surface area contributed by atoms with E-state index in [1.807, 2.05) is 30.3 Å². The van der Waals surface area contributed by atoms with Crippen molar-refractivity contribution >= 4 is 46.0 Å². The van der Waals surface area contributed by atoms with Crippen LogP contribution in [0.2, 0.25) is 10.0 Å². The minimum Gasteiger partial charge on any atom is -0.481 e. The quantitative estimate of drug-likeness (QED) is 0.128. The Morgan fingerprint density at radius 1 is 0.974 bits per heavy atom. The molecule has 188 valence electrons. The van der Waals surface area contributed by atoms with Gasteiger partial charge < -0.3 is 4.74 Å². The van der Waals surface area contributed by atoms with Crippen LogP contribution in [0.15, 0.2) is 101 Å². The number of fused-ring (bicyclic) bond motifs is 1. The third-order valence-electron chi connectivity index (χ3n) is 5.69. The number of aromatic nitrogens is 2. The predicted octanol–water partition coefficient (Wildman–Crippen LogP) is 6.74. The second-order valence-electron chi connectivity index (χ2n) is 8.16. The predicted molar refractivity (Wildman–Crippen MR) is 148 cm³/mol. The van der Waals surface area contributed by atoms with Gasteiger partial charge in [-0.05, 0) is 24.3 Å². The van der Waals surface area contributed by atoms with Crippen LogP contribution in [0, 0.1) is 10.1 Å². The monoisotopic (exact) mass is 544 g/mol. The second-order valence-corrected chi connectivity index (χ2v) is 9.00. The molecule has 10 heteroatoms. The molecule has 0 saturated heterocycles. The lowest BCUT2D eigenvalue weighted by atomic mass is 10.1. The molecule has 0 fully saturated rings. The largest absolute Gasteiger partial charge is 0.481 e. The number of hydrogen-bond donors (Lipinski definition) is 0. The summed E-state index contributed by atoms with van der Waals surface area (Å²) in [6, 6.07) is 25.7. The van der Waals surface area contributed by atoms with Crippen LogP contribution in [0.25, 0.3) is 22.3 Å². The van der Waals surface area contributed by atoms with E-state index in [1.165, 1.54) is 18.3 Å². The van der Waals surface area contributed by atoms with E-state index in [2.05, 4.69) is 10.1 Å². The van der Waals surface area contributed by atoms with Crippen molar-refractivity contribution in [1.82, 2.24) is 9.66 Å². The third-order valence-corrected chi connectivity index (χ3v) is 6.27. The van der Waals surface area contributed by atoms with E-state index in [9.17, 15) is 14.9 Å². The van der Waals surface area contributed by atoms with E-state index < -0.39 is 10.5 Å². The number of nitro benzene ring substituents is 1. The van der Waals surface area contributed by atoms with Gasteiger partial charge >= 0.3 is 5.69 Å². The Hall–Kier alpha value is -4.53. The van der Waals surface area contributed by atoms with Crippen molar-refractivity contribution in [2.45, 2.75) is 6.61 Å². The highest BCUT2D eigenvalue weighted by Gasteiger charge is 2.21. The summed E-state index contributed by atoms with van der Waals surface area (Å²) >= 11 is 12.4. The normalized spacial score (nSPS) is 11.2. The summed E-state index contributed by atoms with van der Waals surface area (Å²) in [5.74, 6) is 0.242. The van der Waals surface area contributed by atoms with E-state index in [0.29, 0.717) is 32.9 Å². The van der Waals surface area contributed by atoms with Gasteiger partial charge in [-0.2, -0.15) is 9.78 Å². The maximum absolute atomic E-state index is 13.4. The molecule has 5 aromatic rings. The van der Waals surface area contributed by atoms with Crippen LogP contribution in [-0.4, -0.2) is 20.8 Å². The van der Waals surface area contributed by atoms with Gasteiger partial charge in [0.05, 0.1) is 22.0 Å². The fraction of sp³-hybridized carbons (Fsp3) is 0.0357. The molecule has 1 aromatic heterocycles. The Kier molecular flexibility index (Phi) is 7.17. The highest BCUT2D eigenvalue weighted by atomic mass is 35.5. The molecule has 0 aliphatic heterocycles. The standard InChI is InChI=1S/C28H18Cl2N4O4/c29-21-14-20(26(25(15-21)34(36)37)38-17-19-10-4-6-12-23(19)30)16-31-33-27(18-8-2-1-3-9-18)32-24-13-7-5-11-22(24)28(33)35/h1-16H,17H2. The Balaban J connectivity index is 1.65. The van der Waals surface area contributed by atoms with Crippen LogP contribution in [0.4, 0.5) is 5.69 Å². The van der Waals surface area contributed by atoms with Crippen LogP contribution in [-0.2, 0) is 6.61 Å². The molecule has 0 radical (unpaired) electrons. The summed E-state index contributed by atoms with van der Waals surface area (Å²) in [4.78, 5) is 29.4. The Morgan fingerprint density at radius 2 is 1.68 bits per heavy atom. The van der Waals surface area contributed by atoms with Crippen molar-refractivity contribution in [3.05, 3.63) is 133 Å². The fourth-order valence-corrected chi connectivity index (χ4v) is 4.29. The zero-order valence-corrected chi connectivity index (χ0v) is 21.1. The molecular formula is C28H18Cl2N4O4. The molecule has 0 unspecified atom stereocenters. The van der Waals surface area contributed by atoms with Crippen LogP contribution in [0.3, 0.4) is 0 Å². The minimum atomic E-state index is -0.593. The van der Waals surface area contributed by atoms with Crippen molar-refractivity contribution in [2.75, 3.05) is 0 Å². The van der Waals surface area contributed by atoms with Gasteiger partial charge in [0, 0.05) is 32.8 Å². The molecule has 1 heterocycles. The molecule has 0 atom stereocenters. The fourth-order valence-electron chi connectivity index (χ4n) is 3.88. The van der Waals surface area contributed by atoms with E-state index >= 15 is 0 Å². The number of hydrogen-bond acceptors (Lipinski definition) is 6. The van der Waals surface area contributed by atoms with Gasteiger partial charge in [-0.3, -0.25) is 14.9 Å². The Labute approximate surface area is 226 Å². The molecule has 0 amide bonds. The first-order chi connectivity index (χ1) is 18.4. The van der Waals surface area contributed by atoms with Crippen molar-refractivity contribution in [3.63, 3.8) is 0 Å². The highest BCUT2D eigenvalue weighted by molar-refractivity contribution is 6.31. The van der Waals surface area contributed by atoms with Gasteiger partial charge in [0.1, 0.15) is 6.61 Å². The summed E-state index contributed by atoms with van der Waals surface area (Å²) in [7, 11) is 0. The van der Waals surface area contributed by atoms with Gasteiger partial charge in [0.15, 0.2) is 5.82 Å². The van der Waals surface area contributed by atoms with Crippen LogP contribution in [0.5, 0.6) is 5.75 Å². The van der Waals surface area contributed by atoms with Crippen molar-refractivity contribution in [2.24, 2.45) is 5.10 Å². The van der Waals surface area contributed by atoms with Gasteiger partial charge in [0.25, 0.3) is 5.56 Å². The minimum absolute atomic E-state index is 0.0320. The van der Waals surface area contributed by atoms with E-state index in [4.69, 9.17) is 27.9 Å². The number of benzene rings is 4. The number of ether oxygens (including phenoxy) is 1. The van der Waals surface area contributed by atoms with Crippen LogP contribution in [0.1, 0.15) is 11.1 Å². The van der Waals surface area contributed by atoms with E-state index in [0.717, 1.165) is 4.68 Å². The first kappa shape index (κ1) is 25.1. The average molecular weight is 545 g/mol. The van der Waals surface area contributed by atoms with Crippen molar-refractivity contribution in [3.8, 4) is 17.1 Å². The van der Waals surface area contributed by atoms with Gasteiger partial charge in [-0.15, -0.1) is 0 Å². The molecule has 0 spiro atoms. The molecular weight excluding hydrogens is 527 g/mol. The summed E-state index contributed by atoms with van der Waals surface area (Å²) in [6.07, 6.45) is 1.30. The molecule has 4 aromatic carbocycles. The zero-order chi connectivity index (χ0) is 26.6. The molecule has 8 nitrogen and oxygen atoms in total. The highest BCUT2D eigenvalue weighted by Crippen LogP contribution is 2.35. The first-order valence-corrected chi connectivity index (χ1v) is 12.1. The zero-order valence-electron chi connectivity index (χ0n) is 19.6. The van der Waals surface area contributed by atoms with Gasteiger partial charge in [-0.1, -0.05) is 83.9 Å². The topological polar surface area (TPSA) is 99.6 Å². The van der Waals surface area contributed by atoms with Crippen LogP contribution < -0.4 is 10.3 Å². The maximum atomic E-state index is 13.4. The number of nitrogens with zero attached hydrogens (tertiary/aromatic N) is 4. The summed E-state index contributed by atoms with van der Waals surface area (Å²) in [5, 5.41) is 17.2. The molecule has 38 heavy (non-hydrogen) atoms. The molecule has 0 saturated carbocycles. The lowest BCUT2D eigenvalue weighted by Crippen LogP contribution is -2.20. The number of rotatable bonds is 7. The lowest BCUT2D eigenvalue weighted by Gasteiger charge is -2.12. The molecule has 5 rings (SSSR count). The maximum Gasteiger partial charge on any atom is 0.313 e. The first-order valence-electron chi connectivity index (χ1n) is 11.4. The Morgan fingerprint density at radius 3 is 2.45 bits per heavy atom. The Bertz CT molecular complexity index is 1750. The average Bonchev–Trinajstić information content (AvgIpc) is 2.92. The molecule has 0 aliphatic rings. The SMILES string of the molecule is O=c1c2ccccc2nc(-c2ccccc2)n1N=Cc1cc(Cl)cc([N+](=O)[O-])c1OCc1ccccc1Cl. The molecule has 0 aliphatic carbocycles. The van der Waals surface area contributed by atoms with E-state index in [1.54, 1.807) is 48.5 Å². The van der Waals surface area contributed by atoms with Gasteiger partial charge in [0.2, 0.25) is 5.75 Å². The van der Waals surface area contributed by atoms with E-state index in [-0.39, 0.29) is 28.6 Å². The summed E-state index contributed by atoms with van der Waals surface area (Å²) < 4.78 is 7.03. The summed E-state index contributed by atoms with van der Waals surface area (Å²) in [6.45, 7) is -0.0320. The lowest BCUT2D eigenvalue weighted by molar-refractivity contribution is -0.385. The van der Waals surface area contributed by atoms with Gasteiger partial charge in [-0.25, -0.2) is 4.98 Å². The number of nitro groups is 1. The smallest absolute Gasteiger partial charge is 0.313 e. The third kappa shape index (κ3) is 5.13.